The molecule has 174 valence electrons. The highest BCUT2D eigenvalue weighted by Gasteiger charge is 2.34. The minimum Gasteiger partial charge on any atom is -0.507 e. The molecule has 0 bridgehead atoms. The molecule has 0 spiro atoms. The minimum absolute atomic E-state index is 0.212. The van der Waals surface area contributed by atoms with E-state index in [9.17, 15) is 15.2 Å². The fourth-order valence-electron chi connectivity index (χ4n) is 4.55. The SMILES string of the molecule is CCCCCCCCCC(=CCCC1(C)CCc2c(C)c(O)c(C)c(C)c2O1)[N+](=O)[O-]. The Morgan fingerprint density at radius 1 is 1.10 bits per heavy atom. The molecule has 1 aromatic carbocycles. The number of benzene rings is 1. The molecule has 2 rings (SSSR count). The van der Waals surface area contributed by atoms with Gasteiger partial charge in [-0.3, -0.25) is 10.1 Å². The third kappa shape index (κ3) is 6.72. The maximum atomic E-state index is 11.5. The van der Waals surface area contributed by atoms with Gasteiger partial charge in [0.05, 0.1) is 4.92 Å². The second kappa shape index (κ2) is 11.5. The highest BCUT2D eigenvalue weighted by atomic mass is 16.6. The average molecular weight is 432 g/mol. The molecule has 0 fully saturated rings. The van der Waals surface area contributed by atoms with Crippen molar-refractivity contribution in [3.63, 3.8) is 0 Å². The first-order valence-corrected chi connectivity index (χ1v) is 12.0. The Morgan fingerprint density at radius 3 is 2.39 bits per heavy atom. The molecule has 0 aromatic heterocycles. The van der Waals surface area contributed by atoms with Gasteiger partial charge in [-0.15, -0.1) is 0 Å². The number of aromatic hydroxyl groups is 1. The van der Waals surface area contributed by atoms with Gasteiger partial charge in [0, 0.05) is 12.0 Å². The lowest BCUT2D eigenvalue weighted by atomic mass is 9.85. The van der Waals surface area contributed by atoms with Gasteiger partial charge in [0.25, 0.3) is 0 Å². The molecule has 0 saturated heterocycles. The highest BCUT2D eigenvalue weighted by molar-refractivity contribution is 5.58. The van der Waals surface area contributed by atoms with E-state index < -0.39 is 0 Å². The van der Waals surface area contributed by atoms with Crippen molar-refractivity contribution in [2.24, 2.45) is 0 Å². The summed E-state index contributed by atoms with van der Waals surface area (Å²) in [5.41, 5.74) is 3.87. The molecule has 0 saturated carbocycles. The van der Waals surface area contributed by atoms with E-state index in [1.54, 1.807) is 6.08 Å². The minimum atomic E-state index is -0.342. The van der Waals surface area contributed by atoms with Gasteiger partial charge in [-0.1, -0.05) is 45.4 Å². The Balaban J connectivity index is 1.92. The predicted octanol–water partition coefficient (Wildman–Crippen LogP) is 7.48. The number of nitrogens with zero attached hydrogens (tertiary/aromatic N) is 1. The Kier molecular flexibility index (Phi) is 9.39. The smallest absolute Gasteiger partial charge is 0.242 e. The standard InChI is InChI=1S/C26H41NO4/c1-6-7-8-9-10-11-12-14-22(27(29)30)15-13-17-26(5)18-16-23-21(4)24(28)19(2)20(3)25(23)31-26/h15,28H,6-14,16-18H2,1-5H3. The van der Waals surface area contributed by atoms with Crippen LogP contribution in [0.1, 0.15) is 107 Å². The molecule has 1 heterocycles. The van der Waals surface area contributed by atoms with E-state index in [0.29, 0.717) is 24.3 Å². The van der Waals surface area contributed by atoms with Crippen LogP contribution >= 0.6 is 0 Å². The van der Waals surface area contributed by atoms with Crippen LogP contribution in [0, 0.1) is 30.9 Å². The summed E-state index contributed by atoms with van der Waals surface area (Å²) in [6.07, 6.45) is 13.6. The number of phenols is 1. The Hall–Kier alpha value is -2.04. The van der Waals surface area contributed by atoms with Crippen LogP contribution < -0.4 is 4.74 Å². The van der Waals surface area contributed by atoms with Crippen LogP contribution in [0.2, 0.25) is 0 Å². The van der Waals surface area contributed by atoms with Crippen LogP contribution in [0.3, 0.4) is 0 Å². The lowest BCUT2D eigenvalue weighted by molar-refractivity contribution is -0.428. The van der Waals surface area contributed by atoms with Gasteiger partial charge >= 0.3 is 0 Å². The van der Waals surface area contributed by atoms with E-state index in [4.69, 9.17) is 4.74 Å². The van der Waals surface area contributed by atoms with Gasteiger partial charge in [0.2, 0.25) is 5.70 Å². The number of ether oxygens (including phenoxy) is 1. The van der Waals surface area contributed by atoms with Crippen molar-refractivity contribution in [2.45, 2.75) is 117 Å². The van der Waals surface area contributed by atoms with Crippen LogP contribution in [0.4, 0.5) is 0 Å². The van der Waals surface area contributed by atoms with Gasteiger partial charge in [0.15, 0.2) is 0 Å². The molecule has 1 aromatic rings. The van der Waals surface area contributed by atoms with E-state index in [2.05, 4.69) is 13.8 Å². The largest absolute Gasteiger partial charge is 0.507 e. The summed E-state index contributed by atoms with van der Waals surface area (Å²) in [6.45, 7) is 10.2. The van der Waals surface area contributed by atoms with Crippen molar-refractivity contribution in [3.05, 3.63) is 44.1 Å². The first-order valence-electron chi connectivity index (χ1n) is 12.0. The molecule has 31 heavy (non-hydrogen) atoms. The Labute approximate surface area is 188 Å². The maximum Gasteiger partial charge on any atom is 0.242 e. The molecule has 1 N–H and O–H groups in total. The first-order chi connectivity index (χ1) is 14.7. The number of hydrogen-bond donors (Lipinski definition) is 1. The molecular formula is C26H41NO4. The molecule has 0 amide bonds. The van der Waals surface area contributed by atoms with E-state index in [1.165, 1.54) is 32.1 Å². The summed E-state index contributed by atoms with van der Waals surface area (Å²) in [6, 6.07) is 0. The number of rotatable bonds is 12. The molecule has 0 radical (unpaired) electrons. The number of allylic oxidation sites excluding steroid dienone is 2. The summed E-state index contributed by atoms with van der Waals surface area (Å²) in [7, 11) is 0. The maximum absolute atomic E-state index is 11.5. The van der Waals surface area contributed by atoms with Crippen molar-refractivity contribution in [2.75, 3.05) is 0 Å². The number of unbranched alkanes of at least 4 members (excludes halogenated alkanes) is 6. The topological polar surface area (TPSA) is 72.6 Å². The third-order valence-corrected chi connectivity index (χ3v) is 6.92. The second-order valence-corrected chi connectivity index (χ2v) is 9.45. The molecule has 1 aliphatic heterocycles. The Bertz CT molecular complexity index is 799. The summed E-state index contributed by atoms with van der Waals surface area (Å²) >= 11 is 0. The van der Waals surface area contributed by atoms with E-state index in [0.717, 1.165) is 60.1 Å². The van der Waals surface area contributed by atoms with Gasteiger partial charge in [-0.05, 0) is 82.6 Å². The molecule has 5 nitrogen and oxygen atoms in total. The quantitative estimate of drug-likeness (QED) is 0.211. The molecular weight excluding hydrogens is 390 g/mol. The lowest BCUT2D eigenvalue weighted by Gasteiger charge is -2.38. The fourth-order valence-corrected chi connectivity index (χ4v) is 4.55. The summed E-state index contributed by atoms with van der Waals surface area (Å²) < 4.78 is 6.44. The number of fused-ring (bicyclic) bond motifs is 1. The van der Waals surface area contributed by atoms with E-state index in [1.807, 2.05) is 20.8 Å². The van der Waals surface area contributed by atoms with E-state index >= 15 is 0 Å². The molecule has 1 atom stereocenters. The van der Waals surface area contributed by atoms with Crippen LogP contribution in [0.15, 0.2) is 11.8 Å². The van der Waals surface area contributed by atoms with Crippen molar-refractivity contribution in [1.82, 2.24) is 0 Å². The second-order valence-electron chi connectivity index (χ2n) is 9.45. The Morgan fingerprint density at radius 2 is 1.74 bits per heavy atom. The first kappa shape index (κ1) is 25.2. The van der Waals surface area contributed by atoms with Crippen molar-refractivity contribution in [3.8, 4) is 11.5 Å². The monoisotopic (exact) mass is 431 g/mol. The summed E-state index contributed by atoms with van der Waals surface area (Å²) in [5.74, 6) is 1.26. The van der Waals surface area contributed by atoms with E-state index in [-0.39, 0.29) is 10.5 Å². The van der Waals surface area contributed by atoms with Crippen molar-refractivity contribution >= 4 is 0 Å². The van der Waals surface area contributed by atoms with Crippen LogP contribution in [0.5, 0.6) is 11.5 Å². The fraction of sp³-hybridized carbons (Fsp3) is 0.692. The van der Waals surface area contributed by atoms with Crippen molar-refractivity contribution < 1.29 is 14.8 Å². The molecule has 1 unspecified atom stereocenters. The van der Waals surface area contributed by atoms with Gasteiger partial charge < -0.3 is 9.84 Å². The van der Waals surface area contributed by atoms with Gasteiger partial charge in [-0.25, -0.2) is 0 Å². The highest BCUT2D eigenvalue weighted by Crippen LogP contribution is 2.44. The zero-order chi connectivity index (χ0) is 23.0. The zero-order valence-corrected chi connectivity index (χ0v) is 20.2. The van der Waals surface area contributed by atoms with Gasteiger partial charge in [0.1, 0.15) is 17.1 Å². The number of phenolic OH excluding ortho intramolecular Hbond substituents is 1. The number of nitro groups is 1. The molecule has 5 heteroatoms. The van der Waals surface area contributed by atoms with Crippen LogP contribution in [-0.2, 0) is 6.42 Å². The average Bonchev–Trinajstić information content (AvgIpc) is 2.74. The van der Waals surface area contributed by atoms with Crippen LogP contribution in [-0.4, -0.2) is 15.6 Å². The number of hydrogen-bond acceptors (Lipinski definition) is 4. The molecule has 0 aliphatic carbocycles. The van der Waals surface area contributed by atoms with Crippen LogP contribution in [0.25, 0.3) is 0 Å². The zero-order valence-electron chi connectivity index (χ0n) is 20.2. The van der Waals surface area contributed by atoms with Crippen molar-refractivity contribution in [1.29, 1.82) is 0 Å². The molecule has 1 aliphatic rings. The van der Waals surface area contributed by atoms with Gasteiger partial charge in [-0.2, -0.15) is 0 Å². The summed E-state index contributed by atoms with van der Waals surface area (Å²) in [5, 5.41) is 21.8. The predicted molar refractivity (Wildman–Crippen MR) is 127 cm³/mol. The summed E-state index contributed by atoms with van der Waals surface area (Å²) in [4.78, 5) is 11.3. The normalized spacial score (nSPS) is 18.5. The lowest BCUT2D eigenvalue weighted by Crippen LogP contribution is -2.37. The third-order valence-electron chi connectivity index (χ3n) is 6.92.